The largest absolute Gasteiger partial charge is 0.367 e. The lowest BCUT2D eigenvalue weighted by Gasteiger charge is -2.22. The second kappa shape index (κ2) is 5.67. The number of hydrogen-bond acceptors (Lipinski definition) is 3. The molecule has 0 atom stereocenters. The predicted octanol–water partition coefficient (Wildman–Crippen LogP) is 3.74. The topological polar surface area (TPSA) is 37.8 Å². The molecule has 1 aromatic heterocycles. The van der Waals surface area contributed by atoms with Gasteiger partial charge in [0.05, 0.1) is 11.4 Å². The normalized spacial score (nSPS) is 17.1. The second-order valence-corrected chi connectivity index (χ2v) is 5.28. The maximum Gasteiger partial charge on any atom is 0.171 e. The number of aromatic nitrogens is 2. The van der Waals surface area contributed by atoms with Crippen molar-refractivity contribution in [1.29, 1.82) is 0 Å². The van der Waals surface area contributed by atoms with E-state index in [0.29, 0.717) is 5.15 Å². The summed E-state index contributed by atoms with van der Waals surface area (Å²) in [4.78, 5) is 8.73. The molecule has 1 N–H and O–H groups in total. The molecule has 4 heteroatoms. The van der Waals surface area contributed by atoms with Gasteiger partial charge in [0.1, 0.15) is 0 Å². The first kappa shape index (κ1) is 12.6. The molecule has 1 saturated carbocycles. The molecule has 1 heterocycles. The average molecular weight is 254 g/mol. The molecule has 1 aliphatic rings. The SMILES string of the molecule is Cc1nc(Cl)c(NCC2CCCCC2)nc1C. The van der Waals surface area contributed by atoms with Crippen LogP contribution < -0.4 is 5.32 Å². The van der Waals surface area contributed by atoms with E-state index in [0.717, 1.165) is 29.7 Å². The minimum atomic E-state index is 0.490. The van der Waals surface area contributed by atoms with Crippen LogP contribution in [0.15, 0.2) is 0 Å². The molecule has 0 bridgehead atoms. The first-order chi connectivity index (χ1) is 8.16. The lowest BCUT2D eigenvalue weighted by molar-refractivity contribution is 0.373. The summed E-state index contributed by atoms with van der Waals surface area (Å²) in [6, 6.07) is 0. The molecular weight excluding hydrogens is 234 g/mol. The van der Waals surface area contributed by atoms with Gasteiger partial charge in [-0.25, -0.2) is 9.97 Å². The molecule has 0 saturated heterocycles. The van der Waals surface area contributed by atoms with Crippen LogP contribution in [0.4, 0.5) is 5.82 Å². The van der Waals surface area contributed by atoms with Gasteiger partial charge in [-0.05, 0) is 32.6 Å². The number of anilines is 1. The van der Waals surface area contributed by atoms with Crippen LogP contribution in [0.3, 0.4) is 0 Å². The standard InChI is InChI=1S/C13H20ClN3/c1-9-10(2)17-13(12(14)16-9)15-8-11-6-4-3-5-7-11/h11H,3-8H2,1-2H3,(H,15,17). The highest BCUT2D eigenvalue weighted by Gasteiger charge is 2.14. The van der Waals surface area contributed by atoms with Crippen molar-refractivity contribution < 1.29 is 0 Å². The predicted molar refractivity (Wildman–Crippen MR) is 71.6 cm³/mol. The molecule has 0 radical (unpaired) electrons. The Hall–Kier alpha value is -0.830. The van der Waals surface area contributed by atoms with Crippen molar-refractivity contribution in [2.75, 3.05) is 11.9 Å². The van der Waals surface area contributed by atoms with E-state index in [-0.39, 0.29) is 0 Å². The zero-order valence-corrected chi connectivity index (χ0v) is 11.3. The fourth-order valence-corrected chi connectivity index (χ4v) is 2.56. The highest BCUT2D eigenvalue weighted by molar-refractivity contribution is 6.31. The highest BCUT2D eigenvalue weighted by atomic mass is 35.5. The van der Waals surface area contributed by atoms with Crippen molar-refractivity contribution in [2.24, 2.45) is 5.92 Å². The second-order valence-electron chi connectivity index (χ2n) is 4.92. The molecule has 94 valence electrons. The van der Waals surface area contributed by atoms with Gasteiger partial charge in [-0.2, -0.15) is 0 Å². The number of aryl methyl sites for hydroxylation is 2. The Kier molecular flexibility index (Phi) is 4.21. The van der Waals surface area contributed by atoms with E-state index in [1.165, 1.54) is 32.1 Å². The third-order valence-corrected chi connectivity index (χ3v) is 3.81. The third kappa shape index (κ3) is 3.32. The van der Waals surface area contributed by atoms with Gasteiger partial charge in [-0.1, -0.05) is 30.9 Å². The fourth-order valence-electron chi connectivity index (χ4n) is 2.32. The van der Waals surface area contributed by atoms with Gasteiger partial charge in [-0.3, -0.25) is 0 Å². The molecule has 1 aliphatic carbocycles. The zero-order valence-electron chi connectivity index (χ0n) is 10.6. The molecule has 3 nitrogen and oxygen atoms in total. The molecule has 0 amide bonds. The van der Waals surface area contributed by atoms with Gasteiger partial charge in [-0.15, -0.1) is 0 Å². The first-order valence-electron chi connectivity index (χ1n) is 6.41. The van der Waals surface area contributed by atoms with E-state index >= 15 is 0 Å². The smallest absolute Gasteiger partial charge is 0.171 e. The van der Waals surface area contributed by atoms with Crippen LogP contribution in [0, 0.1) is 19.8 Å². The third-order valence-electron chi connectivity index (χ3n) is 3.55. The molecule has 1 aromatic rings. The quantitative estimate of drug-likeness (QED) is 0.892. The van der Waals surface area contributed by atoms with Gasteiger partial charge in [0, 0.05) is 6.54 Å². The van der Waals surface area contributed by atoms with Gasteiger partial charge in [0.15, 0.2) is 11.0 Å². The summed E-state index contributed by atoms with van der Waals surface area (Å²) in [6.07, 6.45) is 6.75. The van der Waals surface area contributed by atoms with Crippen molar-refractivity contribution >= 4 is 17.4 Å². The van der Waals surface area contributed by atoms with Crippen LogP contribution in [0.1, 0.15) is 43.5 Å². The minimum Gasteiger partial charge on any atom is -0.367 e. The summed E-state index contributed by atoms with van der Waals surface area (Å²) in [5.41, 5.74) is 1.85. The zero-order chi connectivity index (χ0) is 12.3. The highest BCUT2D eigenvalue weighted by Crippen LogP contribution is 2.25. The Labute approximate surface area is 108 Å². The lowest BCUT2D eigenvalue weighted by Crippen LogP contribution is -2.18. The van der Waals surface area contributed by atoms with E-state index in [2.05, 4.69) is 15.3 Å². The van der Waals surface area contributed by atoms with Crippen LogP contribution in [-0.4, -0.2) is 16.5 Å². The monoisotopic (exact) mass is 253 g/mol. The Morgan fingerprint density at radius 3 is 2.47 bits per heavy atom. The van der Waals surface area contributed by atoms with E-state index in [9.17, 15) is 0 Å². The van der Waals surface area contributed by atoms with Crippen LogP contribution >= 0.6 is 11.6 Å². The number of halogens is 1. The number of nitrogens with zero attached hydrogens (tertiary/aromatic N) is 2. The summed E-state index contributed by atoms with van der Waals surface area (Å²) in [5.74, 6) is 1.50. The molecule has 17 heavy (non-hydrogen) atoms. The Morgan fingerprint density at radius 1 is 1.12 bits per heavy atom. The van der Waals surface area contributed by atoms with Crippen molar-refractivity contribution in [1.82, 2.24) is 9.97 Å². The van der Waals surface area contributed by atoms with Gasteiger partial charge < -0.3 is 5.32 Å². The van der Waals surface area contributed by atoms with Gasteiger partial charge in [0.2, 0.25) is 0 Å². The fraction of sp³-hybridized carbons (Fsp3) is 0.692. The van der Waals surface area contributed by atoms with Crippen LogP contribution in [-0.2, 0) is 0 Å². The summed E-state index contributed by atoms with van der Waals surface area (Å²) in [7, 11) is 0. The number of hydrogen-bond donors (Lipinski definition) is 1. The first-order valence-corrected chi connectivity index (χ1v) is 6.79. The molecule has 1 fully saturated rings. The average Bonchev–Trinajstić information content (AvgIpc) is 2.33. The van der Waals surface area contributed by atoms with E-state index in [1.807, 2.05) is 13.8 Å². The van der Waals surface area contributed by atoms with Gasteiger partial charge >= 0.3 is 0 Å². The molecule has 0 unspecified atom stereocenters. The summed E-state index contributed by atoms with van der Waals surface area (Å²) >= 11 is 6.08. The van der Waals surface area contributed by atoms with Gasteiger partial charge in [0.25, 0.3) is 0 Å². The van der Waals surface area contributed by atoms with Crippen molar-refractivity contribution in [2.45, 2.75) is 46.0 Å². The summed E-state index contributed by atoms with van der Waals surface area (Å²) < 4.78 is 0. The van der Waals surface area contributed by atoms with Crippen LogP contribution in [0.25, 0.3) is 0 Å². The van der Waals surface area contributed by atoms with E-state index < -0.39 is 0 Å². The molecule has 0 aliphatic heterocycles. The lowest BCUT2D eigenvalue weighted by atomic mass is 9.89. The Balaban J connectivity index is 1.96. The van der Waals surface area contributed by atoms with Crippen molar-refractivity contribution in [3.05, 3.63) is 16.5 Å². The van der Waals surface area contributed by atoms with E-state index in [1.54, 1.807) is 0 Å². The molecular formula is C13H20ClN3. The Morgan fingerprint density at radius 2 is 1.76 bits per heavy atom. The van der Waals surface area contributed by atoms with Crippen LogP contribution in [0.2, 0.25) is 5.15 Å². The van der Waals surface area contributed by atoms with E-state index in [4.69, 9.17) is 11.6 Å². The van der Waals surface area contributed by atoms with Crippen LogP contribution in [0.5, 0.6) is 0 Å². The molecule has 0 aromatic carbocycles. The number of rotatable bonds is 3. The maximum atomic E-state index is 6.08. The minimum absolute atomic E-state index is 0.490. The number of nitrogens with one attached hydrogen (secondary N) is 1. The summed E-state index contributed by atoms with van der Waals surface area (Å²) in [6.45, 7) is 4.86. The molecule has 2 rings (SSSR count). The molecule has 0 spiro atoms. The van der Waals surface area contributed by atoms with Crippen molar-refractivity contribution in [3.8, 4) is 0 Å². The summed E-state index contributed by atoms with van der Waals surface area (Å²) in [5, 5.41) is 3.83. The Bertz CT molecular complexity index is 386. The van der Waals surface area contributed by atoms with Crippen molar-refractivity contribution in [3.63, 3.8) is 0 Å². The maximum absolute atomic E-state index is 6.08.